The van der Waals surface area contributed by atoms with Crippen LogP contribution in [0, 0.1) is 6.92 Å². The molecule has 2 rings (SSSR count). The van der Waals surface area contributed by atoms with E-state index in [9.17, 15) is 5.11 Å². The summed E-state index contributed by atoms with van der Waals surface area (Å²) >= 11 is 0. The summed E-state index contributed by atoms with van der Waals surface area (Å²) in [5.74, 6) is 0.159. The molecule has 0 atom stereocenters. The number of aromatic hydroxyl groups is 1. The second kappa shape index (κ2) is 4.00. The third-order valence-corrected chi connectivity index (χ3v) is 2.43. The second-order valence-electron chi connectivity index (χ2n) is 3.72. The first kappa shape index (κ1) is 10.7. The number of phenols is 1. The van der Waals surface area contributed by atoms with Crippen LogP contribution in [0.15, 0.2) is 30.3 Å². The molecule has 2 aromatic rings. The minimum atomic E-state index is -1.53. The first-order chi connectivity index (χ1) is 7.58. The highest BCUT2D eigenvalue weighted by atomic mass is 16.5. The van der Waals surface area contributed by atoms with E-state index in [0.717, 1.165) is 5.56 Å². The van der Waals surface area contributed by atoms with Gasteiger partial charge >= 0.3 is 0 Å². The molecule has 0 aliphatic carbocycles. The molecule has 0 saturated carbocycles. The zero-order valence-corrected chi connectivity index (χ0v) is 8.81. The van der Waals surface area contributed by atoms with Crippen molar-refractivity contribution in [1.29, 1.82) is 0 Å². The highest BCUT2D eigenvalue weighted by Crippen LogP contribution is 2.29. The Kier molecular flexibility index (Phi) is 2.68. The largest absolute Gasteiger partial charge is 0.507 e. The van der Waals surface area contributed by atoms with Crippen molar-refractivity contribution in [1.82, 2.24) is 4.98 Å². The van der Waals surface area contributed by atoms with E-state index in [-0.39, 0.29) is 5.75 Å². The van der Waals surface area contributed by atoms with Crippen LogP contribution >= 0.6 is 0 Å². The van der Waals surface area contributed by atoms with Gasteiger partial charge < -0.3 is 20.3 Å². The Balaban J connectivity index is 2.46. The smallest absolute Gasteiger partial charge is 0.193 e. The van der Waals surface area contributed by atoms with Crippen molar-refractivity contribution in [2.24, 2.45) is 0 Å². The number of hydrogen-bond acceptors (Lipinski definition) is 3. The maximum absolute atomic E-state index is 9.69. The van der Waals surface area contributed by atoms with Gasteiger partial charge in [0.2, 0.25) is 0 Å². The minimum Gasteiger partial charge on any atom is -0.507 e. The average molecular weight is 219 g/mol. The second-order valence-corrected chi connectivity index (χ2v) is 3.72. The molecule has 0 saturated heterocycles. The number of aromatic nitrogens is 1. The molecule has 0 amide bonds. The minimum absolute atomic E-state index is 0.159. The number of aliphatic hydroxyl groups is 2. The molecule has 0 unspecified atom stereocenters. The Hall–Kier alpha value is -1.78. The fourth-order valence-corrected chi connectivity index (χ4v) is 1.59. The number of benzene rings is 1. The van der Waals surface area contributed by atoms with Crippen molar-refractivity contribution < 1.29 is 15.3 Å². The number of aliphatic hydroxyl groups excluding tert-OH is 1. The van der Waals surface area contributed by atoms with E-state index in [2.05, 4.69) is 4.98 Å². The highest BCUT2D eigenvalue weighted by molar-refractivity contribution is 5.68. The molecule has 16 heavy (non-hydrogen) atoms. The number of hydrogen-bond donors (Lipinski definition) is 4. The van der Waals surface area contributed by atoms with Crippen LogP contribution in [-0.2, 0) is 0 Å². The van der Waals surface area contributed by atoms with Gasteiger partial charge in [0.1, 0.15) is 5.75 Å². The van der Waals surface area contributed by atoms with Gasteiger partial charge in [-0.25, -0.2) is 0 Å². The van der Waals surface area contributed by atoms with Crippen molar-refractivity contribution in [3.63, 3.8) is 0 Å². The van der Waals surface area contributed by atoms with Crippen molar-refractivity contribution in [3.05, 3.63) is 41.6 Å². The summed E-state index contributed by atoms with van der Waals surface area (Å²) in [5.41, 5.74) is 2.63. The summed E-state index contributed by atoms with van der Waals surface area (Å²) in [6, 6.07) is 8.52. The molecule has 1 aromatic heterocycles. The lowest BCUT2D eigenvalue weighted by atomic mass is 10.1. The summed E-state index contributed by atoms with van der Waals surface area (Å²) in [4.78, 5) is 2.84. The van der Waals surface area contributed by atoms with Gasteiger partial charge in [0.25, 0.3) is 0 Å². The molecule has 84 valence electrons. The van der Waals surface area contributed by atoms with Crippen LogP contribution in [0.25, 0.3) is 11.3 Å². The fourth-order valence-electron chi connectivity index (χ4n) is 1.59. The molecule has 4 nitrogen and oxygen atoms in total. The third kappa shape index (κ3) is 1.93. The van der Waals surface area contributed by atoms with Gasteiger partial charge in [0, 0.05) is 11.3 Å². The quantitative estimate of drug-likeness (QED) is 0.580. The molecule has 0 aliphatic rings. The van der Waals surface area contributed by atoms with Gasteiger partial charge in [-0.05, 0) is 31.2 Å². The number of H-pyrrole nitrogens is 1. The maximum Gasteiger partial charge on any atom is 0.193 e. The molecule has 0 bridgehead atoms. The van der Waals surface area contributed by atoms with E-state index < -0.39 is 6.29 Å². The Morgan fingerprint density at radius 3 is 2.50 bits per heavy atom. The lowest BCUT2D eigenvalue weighted by Crippen LogP contribution is -1.94. The van der Waals surface area contributed by atoms with Crippen molar-refractivity contribution in [2.75, 3.05) is 0 Å². The van der Waals surface area contributed by atoms with Gasteiger partial charge in [-0.15, -0.1) is 0 Å². The van der Waals surface area contributed by atoms with Gasteiger partial charge in [-0.1, -0.05) is 11.6 Å². The van der Waals surface area contributed by atoms with Crippen molar-refractivity contribution in [2.45, 2.75) is 13.2 Å². The molecular weight excluding hydrogens is 206 g/mol. The number of aromatic amines is 1. The molecular formula is C12H13NO3. The van der Waals surface area contributed by atoms with Crippen LogP contribution in [0.1, 0.15) is 17.5 Å². The van der Waals surface area contributed by atoms with E-state index in [0.29, 0.717) is 17.0 Å². The first-order valence-electron chi connectivity index (χ1n) is 4.93. The zero-order valence-electron chi connectivity index (χ0n) is 8.81. The van der Waals surface area contributed by atoms with Crippen molar-refractivity contribution >= 4 is 0 Å². The highest BCUT2D eigenvalue weighted by Gasteiger charge is 2.09. The predicted octanol–water partition coefficient (Wildman–Crippen LogP) is 1.68. The van der Waals surface area contributed by atoms with E-state index in [1.165, 1.54) is 0 Å². The Labute approximate surface area is 92.8 Å². The lowest BCUT2D eigenvalue weighted by molar-refractivity contribution is -0.0454. The monoisotopic (exact) mass is 219 g/mol. The van der Waals surface area contributed by atoms with E-state index in [1.54, 1.807) is 18.2 Å². The van der Waals surface area contributed by atoms with Gasteiger partial charge in [-0.2, -0.15) is 0 Å². The number of aryl methyl sites for hydroxylation is 1. The molecule has 0 aliphatic heterocycles. The molecule has 0 fully saturated rings. The van der Waals surface area contributed by atoms with Crippen LogP contribution in [0.4, 0.5) is 0 Å². The SMILES string of the molecule is Cc1ccc(O)c(-c2ccc(C(O)O)[nH]2)c1. The fraction of sp³-hybridized carbons (Fsp3) is 0.167. The van der Waals surface area contributed by atoms with Crippen LogP contribution in [0.3, 0.4) is 0 Å². The summed E-state index contributed by atoms with van der Waals surface area (Å²) < 4.78 is 0. The van der Waals surface area contributed by atoms with Crippen LogP contribution < -0.4 is 0 Å². The maximum atomic E-state index is 9.69. The molecule has 0 spiro atoms. The topological polar surface area (TPSA) is 76.5 Å². The predicted molar refractivity (Wildman–Crippen MR) is 59.8 cm³/mol. The zero-order chi connectivity index (χ0) is 11.7. The third-order valence-electron chi connectivity index (χ3n) is 2.43. The van der Waals surface area contributed by atoms with Crippen molar-refractivity contribution in [3.8, 4) is 17.0 Å². The molecule has 4 heteroatoms. The normalized spacial score (nSPS) is 11.0. The molecule has 1 heterocycles. The molecule has 0 radical (unpaired) electrons. The van der Waals surface area contributed by atoms with Gasteiger partial charge in [0.15, 0.2) is 6.29 Å². The molecule has 4 N–H and O–H groups in total. The Morgan fingerprint density at radius 1 is 1.12 bits per heavy atom. The van der Waals surface area contributed by atoms with Crippen LogP contribution in [-0.4, -0.2) is 20.3 Å². The van der Waals surface area contributed by atoms with E-state index in [4.69, 9.17) is 10.2 Å². The lowest BCUT2D eigenvalue weighted by Gasteiger charge is -2.04. The van der Waals surface area contributed by atoms with E-state index >= 15 is 0 Å². The van der Waals surface area contributed by atoms with Crippen LogP contribution in [0.2, 0.25) is 0 Å². The van der Waals surface area contributed by atoms with Crippen LogP contribution in [0.5, 0.6) is 5.75 Å². The van der Waals surface area contributed by atoms with Gasteiger partial charge in [0.05, 0.1) is 5.69 Å². The Morgan fingerprint density at radius 2 is 1.88 bits per heavy atom. The summed E-state index contributed by atoms with van der Waals surface area (Å²) in [5, 5.41) is 27.6. The summed E-state index contributed by atoms with van der Waals surface area (Å²) in [7, 11) is 0. The van der Waals surface area contributed by atoms with E-state index in [1.807, 2.05) is 19.1 Å². The standard InChI is InChI=1S/C12H13NO3/c1-7-2-5-11(14)8(6-7)9-3-4-10(13-9)12(15)16/h2-6,12-16H,1H3. The summed E-state index contributed by atoms with van der Waals surface area (Å²) in [6.07, 6.45) is -1.53. The number of phenolic OH excluding ortho intramolecular Hbond substituents is 1. The summed E-state index contributed by atoms with van der Waals surface area (Å²) in [6.45, 7) is 1.92. The first-order valence-corrected chi connectivity index (χ1v) is 4.93. The van der Waals surface area contributed by atoms with Gasteiger partial charge in [-0.3, -0.25) is 0 Å². The number of rotatable bonds is 2. The Bertz CT molecular complexity index is 503. The average Bonchev–Trinajstić information content (AvgIpc) is 2.70. The molecule has 1 aromatic carbocycles. The number of nitrogens with one attached hydrogen (secondary N) is 1.